The van der Waals surface area contributed by atoms with E-state index in [4.69, 9.17) is 27.9 Å². The van der Waals surface area contributed by atoms with Gasteiger partial charge in [-0.05, 0) is 37.5 Å². The van der Waals surface area contributed by atoms with Crippen LogP contribution in [0.3, 0.4) is 0 Å². The van der Waals surface area contributed by atoms with Gasteiger partial charge in [0, 0.05) is 28.8 Å². The van der Waals surface area contributed by atoms with E-state index in [0.29, 0.717) is 35.2 Å². The number of fused-ring (bicyclic) bond motifs is 1. The van der Waals surface area contributed by atoms with Gasteiger partial charge in [-0.15, -0.1) is 11.8 Å². The highest BCUT2D eigenvalue weighted by Gasteiger charge is 2.53. The Kier molecular flexibility index (Phi) is 6.23. The van der Waals surface area contributed by atoms with Gasteiger partial charge in [-0.2, -0.15) is 0 Å². The predicted octanol–water partition coefficient (Wildman–Crippen LogP) is 2.65. The van der Waals surface area contributed by atoms with E-state index in [1.54, 1.807) is 34.9 Å². The Morgan fingerprint density at radius 2 is 2.19 bits per heavy atom. The summed E-state index contributed by atoms with van der Waals surface area (Å²) in [5.74, 6) is -0.460. The van der Waals surface area contributed by atoms with E-state index < -0.39 is 17.9 Å². The SMILES string of the molecule is C[C@]12CCC(=O)N1[C@@H](C(=O)OCC(=O)NCCc1ccc(Cl)cc1Cl)CS2. The molecule has 27 heavy (non-hydrogen) atoms. The number of nitrogens with one attached hydrogen (secondary N) is 1. The third-order valence-corrected chi connectivity index (χ3v) is 6.89. The Hall–Kier alpha value is -1.44. The van der Waals surface area contributed by atoms with Crippen molar-refractivity contribution in [1.29, 1.82) is 0 Å². The summed E-state index contributed by atoms with van der Waals surface area (Å²) < 4.78 is 5.13. The molecule has 0 saturated carbocycles. The predicted molar refractivity (Wildman–Crippen MR) is 105 cm³/mol. The summed E-state index contributed by atoms with van der Waals surface area (Å²) in [4.78, 5) is 37.6. The van der Waals surface area contributed by atoms with Crippen LogP contribution in [0.25, 0.3) is 0 Å². The van der Waals surface area contributed by atoms with Gasteiger partial charge in [0.25, 0.3) is 5.91 Å². The maximum Gasteiger partial charge on any atom is 0.330 e. The van der Waals surface area contributed by atoms with Crippen molar-refractivity contribution >= 4 is 52.7 Å². The lowest BCUT2D eigenvalue weighted by molar-refractivity contribution is -0.156. The average Bonchev–Trinajstić information content (AvgIpc) is 3.11. The molecule has 2 aliphatic rings. The van der Waals surface area contributed by atoms with Crippen molar-refractivity contribution in [2.45, 2.75) is 37.1 Å². The fourth-order valence-electron chi connectivity index (χ4n) is 3.34. The fourth-order valence-corrected chi connectivity index (χ4v) is 5.26. The van der Waals surface area contributed by atoms with Gasteiger partial charge < -0.3 is 15.0 Å². The molecule has 2 amide bonds. The van der Waals surface area contributed by atoms with E-state index >= 15 is 0 Å². The summed E-state index contributed by atoms with van der Waals surface area (Å²) in [7, 11) is 0. The van der Waals surface area contributed by atoms with Crippen molar-refractivity contribution in [3.63, 3.8) is 0 Å². The molecule has 0 bridgehead atoms. The maximum absolute atomic E-state index is 12.3. The summed E-state index contributed by atoms with van der Waals surface area (Å²) in [5, 5.41) is 3.78. The highest BCUT2D eigenvalue weighted by molar-refractivity contribution is 8.01. The number of ether oxygens (including phenoxy) is 1. The Balaban J connectivity index is 1.43. The third kappa shape index (κ3) is 4.52. The van der Waals surface area contributed by atoms with Gasteiger partial charge in [0.2, 0.25) is 5.91 Å². The van der Waals surface area contributed by atoms with Gasteiger partial charge in [0.15, 0.2) is 6.61 Å². The van der Waals surface area contributed by atoms with Crippen LogP contribution in [0, 0.1) is 0 Å². The Bertz CT molecular complexity index is 776. The Labute approximate surface area is 171 Å². The van der Waals surface area contributed by atoms with E-state index in [1.165, 1.54) is 0 Å². The zero-order valence-electron chi connectivity index (χ0n) is 14.8. The molecule has 0 aliphatic carbocycles. The van der Waals surface area contributed by atoms with Crippen LogP contribution in [0.1, 0.15) is 25.3 Å². The molecule has 146 valence electrons. The molecule has 2 heterocycles. The second kappa shape index (κ2) is 8.29. The van der Waals surface area contributed by atoms with Crippen LogP contribution in [0.2, 0.25) is 10.0 Å². The van der Waals surface area contributed by atoms with E-state index in [-0.39, 0.29) is 17.4 Å². The van der Waals surface area contributed by atoms with Crippen molar-refractivity contribution in [3.05, 3.63) is 33.8 Å². The van der Waals surface area contributed by atoms with Gasteiger partial charge in [0.1, 0.15) is 6.04 Å². The first-order chi connectivity index (χ1) is 12.8. The molecule has 9 heteroatoms. The fraction of sp³-hybridized carbons (Fsp3) is 0.500. The first kappa shape index (κ1) is 20.3. The molecule has 2 fully saturated rings. The number of benzene rings is 1. The zero-order valence-corrected chi connectivity index (χ0v) is 17.1. The number of rotatable bonds is 6. The first-order valence-electron chi connectivity index (χ1n) is 8.63. The number of thioether (sulfide) groups is 1. The standard InChI is InChI=1S/C18H20Cl2N2O4S/c1-18-6-4-16(24)22(18)14(10-27-18)17(25)26-9-15(23)21-7-5-11-2-3-12(19)8-13(11)20/h2-3,8,14H,4-7,9-10H2,1H3,(H,21,23)/t14-,18+/m1/s1. The number of carbonyl (C=O) groups excluding carboxylic acids is 3. The van der Waals surface area contributed by atoms with E-state index in [0.717, 1.165) is 12.0 Å². The monoisotopic (exact) mass is 430 g/mol. The van der Waals surface area contributed by atoms with Gasteiger partial charge in [0.05, 0.1) is 4.87 Å². The first-order valence-corrected chi connectivity index (χ1v) is 10.4. The summed E-state index contributed by atoms with van der Waals surface area (Å²) >= 11 is 13.5. The smallest absolute Gasteiger partial charge is 0.330 e. The lowest BCUT2D eigenvalue weighted by Gasteiger charge is -2.29. The van der Waals surface area contributed by atoms with Crippen molar-refractivity contribution in [1.82, 2.24) is 10.2 Å². The summed E-state index contributed by atoms with van der Waals surface area (Å²) in [6, 6.07) is 4.57. The largest absolute Gasteiger partial charge is 0.454 e. The van der Waals surface area contributed by atoms with Crippen LogP contribution < -0.4 is 5.32 Å². The van der Waals surface area contributed by atoms with E-state index in [2.05, 4.69) is 5.32 Å². The molecule has 2 atom stereocenters. The van der Waals surface area contributed by atoms with Crippen LogP contribution in [0.4, 0.5) is 0 Å². The average molecular weight is 431 g/mol. The highest BCUT2D eigenvalue weighted by Crippen LogP contribution is 2.47. The minimum atomic E-state index is -0.615. The molecule has 0 unspecified atom stereocenters. The summed E-state index contributed by atoms with van der Waals surface area (Å²) in [5.41, 5.74) is 0.869. The number of hydrogen-bond donors (Lipinski definition) is 1. The third-order valence-electron chi connectivity index (χ3n) is 4.79. The van der Waals surface area contributed by atoms with E-state index in [9.17, 15) is 14.4 Å². The van der Waals surface area contributed by atoms with Gasteiger partial charge in [-0.3, -0.25) is 9.59 Å². The van der Waals surface area contributed by atoms with Crippen molar-refractivity contribution < 1.29 is 19.1 Å². The minimum absolute atomic E-state index is 0.0336. The molecule has 1 aromatic carbocycles. The lowest BCUT2D eigenvalue weighted by atomic mass is 10.1. The number of hydrogen-bond acceptors (Lipinski definition) is 5. The molecule has 3 rings (SSSR count). The number of esters is 1. The summed E-state index contributed by atoms with van der Waals surface area (Å²) in [6.45, 7) is 1.96. The van der Waals surface area contributed by atoms with E-state index in [1.807, 2.05) is 6.92 Å². The van der Waals surface area contributed by atoms with Crippen molar-refractivity contribution in [2.24, 2.45) is 0 Å². The Morgan fingerprint density at radius 3 is 2.93 bits per heavy atom. The second-order valence-corrected chi connectivity index (χ2v) is 9.05. The van der Waals surface area contributed by atoms with Gasteiger partial charge >= 0.3 is 5.97 Å². The number of halogens is 2. The molecule has 2 aliphatic heterocycles. The number of amides is 2. The molecular formula is C18H20Cl2N2O4S. The normalized spacial score (nSPS) is 24.0. The molecular weight excluding hydrogens is 411 g/mol. The van der Waals surface area contributed by atoms with Crippen LogP contribution in [-0.4, -0.2) is 52.5 Å². The van der Waals surface area contributed by atoms with Gasteiger partial charge in [-0.25, -0.2) is 4.79 Å². The summed E-state index contributed by atoms with van der Waals surface area (Å²) in [6.07, 6.45) is 1.71. The second-order valence-electron chi connectivity index (χ2n) is 6.71. The molecule has 1 aromatic rings. The zero-order chi connectivity index (χ0) is 19.6. The maximum atomic E-state index is 12.3. The number of carbonyl (C=O) groups is 3. The van der Waals surface area contributed by atoms with Crippen LogP contribution in [0.5, 0.6) is 0 Å². The molecule has 0 radical (unpaired) electrons. The highest BCUT2D eigenvalue weighted by atomic mass is 35.5. The quantitative estimate of drug-likeness (QED) is 0.701. The minimum Gasteiger partial charge on any atom is -0.454 e. The molecule has 0 spiro atoms. The molecule has 0 aromatic heterocycles. The van der Waals surface area contributed by atoms with Crippen molar-refractivity contribution in [2.75, 3.05) is 18.9 Å². The lowest BCUT2D eigenvalue weighted by Crippen LogP contribution is -2.47. The van der Waals surface area contributed by atoms with Crippen LogP contribution in [-0.2, 0) is 25.5 Å². The number of nitrogens with zero attached hydrogens (tertiary/aromatic N) is 1. The topological polar surface area (TPSA) is 75.7 Å². The molecule has 1 N–H and O–H groups in total. The van der Waals surface area contributed by atoms with Gasteiger partial charge in [-0.1, -0.05) is 29.3 Å². The van der Waals surface area contributed by atoms with Crippen molar-refractivity contribution in [3.8, 4) is 0 Å². The van der Waals surface area contributed by atoms with Crippen LogP contribution >= 0.6 is 35.0 Å². The molecule has 6 nitrogen and oxygen atoms in total. The van der Waals surface area contributed by atoms with Crippen LogP contribution in [0.15, 0.2) is 18.2 Å². The molecule has 2 saturated heterocycles. The Morgan fingerprint density at radius 1 is 1.41 bits per heavy atom.